The highest BCUT2D eigenvalue weighted by Crippen LogP contribution is 2.46. The maximum absolute atomic E-state index is 6.37. The van der Waals surface area contributed by atoms with E-state index >= 15 is 0 Å². The van der Waals surface area contributed by atoms with Gasteiger partial charge in [0.25, 0.3) is 0 Å². The molecule has 0 atom stereocenters. The van der Waals surface area contributed by atoms with Crippen LogP contribution in [0.1, 0.15) is 17.5 Å². The first kappa shape index (κ1) is 21.3. The number of pyridine rings is 1. The number of nitrogens with zero attached hydrogens (tertiary/aromatic N) is 2. The van der Waals surface area contributed by atoms with Gasteiger partial charge in [-0.1, -0.05) is 11.6 Å². The maximum atomic E-state index is 6.37. The second kappa shape index (κ2) is 9.14. The summed E-state index contributed by atoms with van der Waals surface area (Å²) < 4.78 is 16.5. The highest BCUT2D eigenvalue weighted by molar-refractivity contribution is 6.31. The summed E-state index contributed by atoms with van der Waals surface area (Å²) in [5.74, 6) is 1.46. The lowest BCUT2D eigenvalue weighted by molar-refractivity contribution is 0.0378. The molecule has 168 valence electrons. The van der Waals surface area contributed by atoms with E-state index in [1.54, 1.807) is 14.2 Å². The van der Waals surface area contributed by atoms with Gasteiger partial charge in [0.05, 0.1) is 38.6 Å². The predicted molar refractivity (Wildman–Crippen MR) is 128 cm³/mol. The van der Waals surface area contributed by atoms with Gasteiger partial charge >= 0.3 is 0 Å². The summed E-state index contributed by atoms with van der Waals surface area (Å²) >= 11 is 6.37. The zero-order valence-corrected chi connectivity index (χ0v) is 19.3. The van der Waals surface area contributed by atoms with E-state index in [1.165, 1.54) is 11.1 Å². The van der Waals surface area contributed by atoms with Gasteiger partial charge in [0, 0.05) is 53.3 Å². The molecular formula is C25H28ClN3O3. The van der Waals surface area contributed by atoms with Crippen LogP contribution in [0.2, 0.25) is 5.02 Å². The SMILES string of the molecule is COc1cc2c(cc1OC)-c1nc3ccc(Cl)cc3c(NCCCN3CCOCC3)c1C2. The van der Waals surface area contributed by atoms with Crippen molar-refractivity contribution in [3.8, 4) is 22.8 Å². The van der Waals surface area contributed by atoms with E-state index in [-0.39, 0.29) is 0 Å². The molecular weight excluding hydrogens is 426 g/mol. The number of ether oxygens (including phenoxy) is 3. The van der Waals surface area contributed by atoms with Gasteiger partial charge in [-0.05, 0) is 48.9 Å². The molecule has 1 N–H and O–H groups in total. The van der Waals surface area contributed by atoms with Crippen LogP contribution in [0.4, 0.5) is 5.69 Å². The molecule has 0 radical (unpaired) electrons. The molecule has 0 spiro atoms. The Hall–Kier alpha value is -2.54. The third-order valence-electron chi connectivity index (χ3n) is 6.34. The highest BCUT2D eigenvalue weighted by Gasteiger charge is 2.27. The number of nitrogens with one attached hydrogen (secondary N) is 1. The smallest absolute Gasteiger partial charge is 0.161 e. The molecule has 3 aromatic rings. The van der Waals surface area contributed by atoms with Crippen molar-refractivity contribution in [3.63, 3.8) is 0 Å². The first-order valence-electron chi connectivity index (χ1n) is 11.1. The van der Waals surface area contributed by atoms with Crippen molar-refractivity contribution in [2.24, 2.45) is 0 Å². The first-order valence-corrected chi connectivity index (χ1v) is 11.5. The monoisotopic (exact) mass is 453 g/mol. The van der Waals surface area contributed by atoms with Crippen LogP contribution >= 0.6 is 11.6 Å². The van der Waals surface area contributed by atoms with Gasteiger partial charge in [0.15, 0.2) is 11.5 Å². The largest absolute Gasteiger partial charge is 0.493 e. The molecule has 2 heterocycles. The third-order valence-corrected chi connectivity index (χ3v) is 6.57. The number of hydrogen-bond donors (Lipinski definition) is 1. The molecule has 0 unspecified atom stereocenters. The predicted octanol–water partition coefficient (Wildman–Crippen LogP) is 4.61. The lowest BCUT2D eigenvalue weighted by Crippen LogP contribution is -2.37. The van der Waals surface area contributed by atoms with E-state index in [4.69, 9.17) is 30.8 Å². The van der Waals surface area contributed by atoms with Gasteiger partial charge in [-0.15, -0.1) is 0 Å². The van der Waals surface area contributed by atoms with Crippen LogP contribution in [0, 0.1) is 0 Å². The molecule has 6 nitrogen and oxygen atoms in total. The van der Waals surface area contributed by atoms with Crippen LogP contribution in [-0.2, 0) is 11.2 Å². The van der Waals surface area contributed by atoms with Gasteiger partial charge in [0.1, 0.15) is 0 Å². The van der Waals surface area contributed by atoms with Crippen LogP contribution in [0.15, 0.2) is 30.3 Å². The Morgan fingerprint density at radius 3 is 2.66 bits per heavy atom. The fourth-order valence-electron chi connectivity index (χ4n) is 4.69. The van der Waals surface area contributed by atoms with Crippen LogP contribution in [-0.4, -0.2) is 63.5 Å². The minimum atomic E-state index is 0.717. The van der Waals surface area contributed by atoms with E-state index in [2.05, 4.69) is 16.3 Å². The first-order chi connectivity index (χ1) is 15.7. The summed E-state index contributed by atoms with van der Waals surface area (Å²) in [6, 6.07) is 10.0. The lowest BCUT2D eigenvalue weighted by atomic mass is 10.1. The second-order valence-corrected chi connectivity index (χ2v) is 8.69. The molecule has 1 fully saturated rings. The molecule has 2 aliphatic rings. The molecule has 1 aliphatic heterocycles. The van der Waals surface area contributed by atoms with Crippen LogP contribution in [0.3, 0.4) is 0 Å². The molecule has 1 aromatic heterocycles. The summed E-state index contributed by atoms with van der Waals surface area (Å²) in [6.45, 7) is 5.65. The number of fused-ring (bicyclic) bond motifs is 4. The number of rotatable bonds is 7. The van der Waals surface area contributed by atoms with Gasteiger partial charge in [-0.25, -0.2) is 4.98 Å². The van der Waals surface area contributed by atoms with Crippen molar-refractivity contribution < 1.29 is 14.2 Å². The second-order valence-electron chi connectivity index (χ2n) is 8.25. The fraction of sp³-hybridized carbons (Fsp3) is 0.400. The number of halogens is 1. The Morgan fingerprint density at radius 1 is 1.09 bits per heavy atom. The topological polar surface area (TPSA) is 55.9 Å². The van der Waals surface area contributed by atoms with Crippen molar-refractivity contribution in [2.75, 3.05) is 58.9 Å². The lowest BCUT2D eigenvalue weighted by Gasteiger charge is -2.26. The van der Waals surface area contributed by atoms with Crippen molar-refractivity contribution >= 4 is 28.2 Å². The number of morpholine rings is 1. The summed E-state index contributed by atoms with van der Waals surface area (Å²) in [5, 5.41) is 5.51. The summed E-state index contributed by atoms with van der Waals surface area (Å²) in [5.41, 5.74) is 6.58. The average Bonchev–Trinajstić information content (AvgIpc) is 3.18. The number of aromatic nitrogens is 1. The molecule has 7 heteroatoms. The zero-order chi connectivity index (χ0) is 22.1. The number of hydrogen-bond acceptors (Lipinski definition) is 6. The summed E-state index contributed by atoms with van der Waals surface area (Å²) in [4.78, 5) is 7.48. The zero-order valence-electron chi connectivity index (χ0n) is 18.5. The molecule has 32 heavy (non-hydrogen) atoms. The molecule has 1 saturated heterocycles. The van der Waals surface area contributed by atoms with Crippen molar-refractivity contribution in [2.45, 2.75) is 12.8 Å². The standard InChI is InChI=1S/C25H28ClN3O3/c1-30-22-13-16-12-20-24(27-6-3-7-29-8-10-32-11-9-29)19-14-17(26)4-5-21(19)28-25(20)18(16)15-23(22)31-2/h4-5,13-15H,3,6-12H2,1-2H3,(H,27,28). The molecule has 0 amide bonds. The summed E-state index contributed by atoms with van der Waals surface area (Å²) in [7, 11) is 3.33. The van der Waals surface area contributed by atoms with Gasteiger partial charge < -0.3 is 19.5 Å². The molecule has 5 rings (SSSR count). The molecule has 0 bridgehead atoms. The highest BCUT2D eigenvalue weighted by atomic mass is 35.5. The summed E-state index contributed by atoms with van der Waals surface area (Å²) in [6.07, 6.45) is 1.86. The van der Waals surface area contributed by atoms with Crippen LogP contribution < -0.4 is 14.8 Å². The Kier molecular flexibility index (Phi) is 6.09. The minimum absolute atomic E-state index is 0.717. The third kappa shape index (κ3) is 3.98. The van der Waals surface area contributed by atoms with Crippen LogP contribution in [0.5, 0.6) is 11.5 Å². The number of benzene rings is 2. The number of methoxy groups -OCH3 is 2. The quantitative estimate of drug-likeness (QED) is 0.412. The van der Waals surface area contributed by atoms with Gasteiger partial charge in [-0.3, -0.25) is 4.90 Å². The van der Waals surface area contributed by atoms with E-state index in [1.807, 2.05) is 24.3 Å². The van der Waals surface area contributed by atoms with E-state index in [9.17, 15) is 0 Å². The van der Waals surface area contributed by atoms with E-state index in [0.29, 0.717) is 0 Å². The van der Waals surface area contributed by atoms with Crippen molar-refractivity contribution in [3.05, 3.63) is 46.5 Å². The van der Waals surface area contributed by atoms with E-state index in [0.717, 1.165) is 96.6 Å². The average molecular weight is 454 g/mol. The molecule has 0 saturated carbocycles. The Morgan fingerprint density at radius 2 is 1.88 bits per heavy atom. The van der Waals surface area contributed by atoms with E-state index < -0.39 is 0 Å². The fourth-order valence-corrected chi connectivity index (χ4v) is 4.86. The maximum Gasteiger partial charge on any atom is 0.161 e. The normalized spacial score (nSPS) is 15.5. The van der Waals surface area contributed by atoms with Crippen LogP contribution in [0.25, 0.3) is 22.2 Å². The number of anilines is 1. The Bertz CT molecular complexity index is 1150. The Labute approximate surface area is 193 Å². The Balaban J connectivity index is 1.48. The van der Waals surface area contributed by atoms with Gasteiger partial charge in [0.2, 0.25) is 0 Å². The van der Waals surface area contributed by atoms with Crippen molar-refractivity contribution in [1.82, 2.24) is 9.88 Å². The molecule has 1 aliphatic carbocycles. The molecule has 2 aromatic carbocycles. The minimum Gasteiger partial charge on any atom is -0.493 e. The van der Waals surface area contributed by atoms with Gasteiger partial charge in [-0.2, -0.15) is 0 Å². The van der Waals surface area contributed by atoms with Crippen molar-refractivity contribution in [1.29, 1.82) is 0 Å².